The van der Waals surface area contributed by atoms with E-state index in [1.165, 1.54) is 6.39 Å². The van der Waals surface area contributed by atoms with Crippen molar-refractivity contribution in [1.82, 2.24) is 15.0 Å². The molecule has 0 aliphatic carbocycles. The largest absolute Gasteiger partial charge is 0.343 e. The van der Waals surface area contributed by atoms with Gasteiger partial charge in [0.25, 0.3) is 0 Å². The van der Waals surface area contributed by atoms with E-state index in [1.54, 1.807) is 0 Å². The molecule has 0 unspecified atom stereocenters. The minimum Gasteiger partial charge on any atom is -0.343 e. The van der Waals surface area contributed by atoms with E-state index in [0.29, 0.717) is 11.9 Å². The van der Waals surface area contributed by atoms with Gasteiger partial charge in [0.15, 0.2) is 5.82 Å². The first kappa shape index (κ1) is 10.6. The Hall–Kier alpha value is -0.940. The van der Waals surface area contributed by atoms with Gasteiger partial charge in [-0.15, -0.1) is 0 Å². The molecule has 1 fully saturated rings. The third-order valence-electron chi connectivity index (χ3n) is 3.23. The summed E-state index contributed by atoms with van der Waals surface area (Å²) in [7, 11) is 0. The van der Waals surface area contributed by atoms with Crippen molar-refractivity contribution in [3.05, 3.63) is 12.2 Å². The molecule has 2 rings (SSSR count). The molecule has 0 amide bonds. The SMILES string of the molecule is CC(C)N1CCC(N)(c2ncon2)CC1. The number of hydrogen-bond acceptors (Lipinski definition) is 5. The molecule has 2 heterocycles. The van der Waals surface area contributed by atoms with Gasteiger partial charge in [0.05, 0.1) is 5.54 Å². The van der Waals surface area contributed by atoms with Gasteiger partial charge in [0.2, 0.25) is 6.39 Å². The van der Waals surface area contributed by atoms with Gasteiger partial charge < -0.3 is 15.2 Å². The zero-order valence-corrected chi connectivity index (χ0v) is 9.31. The second-order valence-electron chi connectivity index (χ2n) is 4.54. The molecule has 0 saturated carbocycles. The number of hydrogen-bond donors (Lipinski definition) is 1. The summed E-state index contributed by atoms with van der Waals surface area (Å²) in [6.07, 6.45) is 3.13. The molecule has 0 aromatic carbocycles. The highest BCUT2D eigenvalue weighted by molar-refractivity contribution is 5.04. The minimum atomic E-state index is -0.390. The first-order valence-electron chi connectivity index (χ1n) is 5.41. The monoisotopic (exact) mass is 210 g/mol. The molecule has 1 aliphatic rings. The van der Waals surface area contributed by atoms with Gasteiger partial charge in [-0.1, -0.05) is 5.16 Å². The van der Waals surface area contributed by atoms with Crippen LogP contribution >= 0.6 is 0 Å². The molecule has 1 aromatic heterocycles. The molecule has 84 valence electrons. The van der Waals surface area contributed by atoms with Gasteiger partial charge in [0.1, 0.15) is 0 Å². The van der Waals surface area contributed by atoms with Crippen molar-refractivity contribution in [1.29, 1.82) is 0 Å². The van der Waals surface area contributed by atoms with Crippen molar-refractivity contribution >= 4 is 0 Å². The zero-order valence-electron chi connectivity index (χ0n) is 9.31. The lowest BCUT2D eigenvalue weighted by molar-refractivity contribution is 0.125. The van der Waals surface area contributed by atoms with E-state index < -0.39 is 5.54 Å². The van der Waals surface area contributed by atoms with E-state index in [1.807, 2.05) is 0 Å². The Kier molecular flexibility index (Phi) is 2.75. The Bertz CT molecular complexity index is 301. The number of nitrogens with two attached hydrogens (primary N) is 1. The summed E-state index contributed by atoms with van der Waals surface area (Å²) >= 11 is 0. The molecule has 0 bridgehead atoms. The molecule has 15 heavy (non-hydrogen) atoms. The van der Waals surface area contributed by atoms with Gasteiger partial charge in [-0.25, -0.2) is 0 Å². The van der Waals surface area contributed by atoms with Crippen LogP contribution < -0.4 is 5.73 Å². The number of rotatable bonds is 2. The second-order valence-corrected chi connectivity index (χ2v) is 4.54. The van der Waals surface area contributed by atoms with Crippen LogP contribution in [0.15, 0.2) is 10.9 Å². The van der Waals surface area contributed by atoms with Gasteiger partial charge in [-0.05, 0) is 26.7 Å². The first-order valence-corrected chi connectivity index (χ1v) is 5.41. The van der Waals surface area contributed by atoms with E-state index >= 15 is 0 Å². The smallest absolute Gasteiger partial charge is 0.213 e. The fourth-order valence-corrected chi connectivity index (χ4v) is 2.05. The minimum absolute atomic E-state index is 0.390. The lowest BCUT2D eigenvalue weighted by atomic mass is 9.87. The van der Waals surface area contributed by atoms with E-state index in [2.05, 4.69) is 28.9 Å². The van der Waals surface area contributed by atoms with Crippen LogP contribution in [-0.4, -0.2) is 34.2 Å². The molecule has 0 atom stereocenters. The fourth-order valence-electron chi connectivity index (χ4n) is 2.05. The molecule has 1 aromatic rings. The topological polar surface area (TPSA) is 68.2 Å². The van der Waals surface area contributed by atoms with E-state index in [9.17, 15) is 0 Å². The van der Waals surface area contributed by atoms with Gasteiger partial charge in [0, 0.05) is 19.1 Å². The maximum absolute atomic E-state index is 6.28. The Balaban J connectivity index is 2.03. The van der Waals surface area contributed by atoms with Crippen LogP contribution in [0.2, 0.25) is 0 Å². The summed E-state index contributed by atoms with van der Waals surface area (Å²) in [5.74, 6) is 0.644. The second kappa shape index (κ2) is 3.90. The average Bonchev–Trinajstić information content (AvgIpc) is 2.71. The standard InChI is InChI=1S/C10H18N4O/c1-8(2)14-5-3-10(11,4-6-14)9-12-7-15-13-9/h7-8H,3-6,11H2,1-2H3. The Morgan fingerprint density at radius 3 is 2.60 bits per heavy atom. The molecular formula is C10H18N4O. The molecule has 5 heteroatoms. The Morgan fingerprint density at radius 1 is 1.47 bits per heavy atom. The summed E-state index contributed by atoms with van der Waals surface area (Å²) < 4.78 is 4.75. The molecule has 0 radical (unpaired) electrons. The number of piperidine rings is 1. The van der Waals surface area contributed by atoms with E-state index in [4.69, 9.17) is 10.3 Å². The van der Waals surface area contributed by atoms with Crippen LogP contribution in [0, 0.1) is 0 Å². The highest BCUT2D eigenvalue weighted by atomic mass is 16.5. The van der Waals surface area contributed by atoms with Crippen molar-refractivity contribution in [2.45, 2.75) is 38.3 Å². The van der Waals surface area contributed by atoms with Crippen LogP contribution in [0.4, 0.5) is 0 Å². The highest BCUT2D eigenvalue weighted by Crippen LogP contribution is 2.28. The quantitative estimate of drug-likeness (QED) is 0.779. The summed E-state index contributed by atoms with van der Waals surface area (Å²) in [6.45, 7) is 6.42. The molecule has 1 saturated heterocycles. The molecule has 0 spiro atoms. The zero-order chi connectivity index (χ0) is 10.9. The number of likely N-dealkylation sites (tertiary alicyclic amines) is 1. The average molecular weight is 210 g/mol. The van der Waals surface area contributed by atoms with Gasteiger partial charge >= 0.3 is 0 Å². The summed E-state index contributed by atoms with van der Waals surface area (Å²) in [5.41, 5.74) is 5.89. The van der Waals surface area contributed by atoms with Gasteiger partial charge in [-0.3, -0.25) is 0 Å². The van der Waals surface area contributed by atoms with Crippen molar-refractivity contribution in [2.75, 3.05) is 13.1 Å². The molecule has 5 nitrogen and oxygen atoms in total. The third kappa shape index (κ3) is 2.03. The van der Waals surface area contributed by atoms with Crippen molar-refractivity contribution in [3.8, 4) is 0 Å². The van der Waals surface area contributed by atoms with Crippen LogP contribution in [0.25, 0.3) is 0 Å². The van der Waals surface area contributed by atoms with Crippen molar-refractivity contribution < 1.29 is 4.52 Å². The van der Waals surface area contributed by atoms with Crippen LogP contribution in [0.3, 0.4) is 0 Å². The summed E-state index contributed by atoms with van der Waals surface area (Å²) in [4.78, 5) is 6.48. The van der Waals surface area contributed by atoms with Crippen molar-refractivity contribution in [2.24, 2.45) is 5.73 Å². The Morgan fingerprint density at radius 2 is 2.13 bits per heavy atom. The highest BCUT2D eigenvalue weighted by Gasteiger charge is 2.36. The van der Waals surface area contributed by atoms with Crippen molar-refractivity contribution in [3.63, 3.8) is 0 Å². The summed E-state index contributed by atoms with van der Waals surface area (Å²) in [5, 5.41) is 3.85. The van der Waals surface area contributed by atoms with Crippen LogP contribution in [-0.2, 0) is 5.54 Å². The molecule has 1 aliphatic heterocycles. The first-order chi connectivity index (χ1) is 7.12. The Labute approximate surface area is 89.6 Å². The summed E-state index contributed by atoms with van der Waals surface area (Å²) in [6, 6.07) is 0.583. The van der Waals surface area contributed by atoms with Crippen LogP contribution in [0.5, 0.6) is 0 Å². The van der Waals surface area contributed by atoms with E-state index in [0.717, 1.165) is 25.9 Å². The predicted molar refractivity (Wildman–Crippen MR) is 56.1 cm³/mol. The van der Waals surface area contributed by atoms with Gasteiger partial charge in [-0.2, -0.15) is 4.98 Å². The lowest BCUT2D eigenvalue weighted by Gasteiger charge is -2.39. The van der Waals surface area contributed by atoms with E-state index in [-0.39, 0.29) is 0 Å². The maximum Gasteiger partial charge on any atom is 0.213 e. The fraction of sp³-hybridized carbons (Fsp3) is 0.800. The predicted octanol–water partition coefficient (Wildman–Crippen LogP) is 0.728. The lowest BCUT2D eigenvalue weighted by Crippen LogP contribution is -2.50. The molecule has 2 N–H and O–H groups in total. The number of nitrogens with zero attached hydrogens (tertiary/aromatic N) is 3. The third-order valence-corrected chi connectivity index (χ3v) is 3.23. The number of aromatic nitrogens is 2. The maximum atomic E-state index is 6.28. The van der Waals surface area contributed by atoms with Crippen LogP contribution in [0.1, 0.15) is 32.5 Å². The normalized spacial score (nSPS) is 22.1. The molecular weight excluding hydrogens is 192 g/mol.